The van der Waals surface area contributed by atoms with Gasteiger partial charge in [-0.05, 0) is 30.2 Å². The van der Waals surface area contributed by atoms with Gasteiger partial charge in [-0.2, -0.15) is 0 Å². The number of benzene rings is 1. The van der Waals surface area contributed by atoms with Gasteiger partial charge in [0.25, 0.3) is 5.24 Å². The zero-order valence-corrected chi connectivity index (χ0v) is 8.12. The van der Waals surface area contributed by atoms with E-state index in [4.69, 9.17) is 16.3 Å². The monoisotopic (exact) mass is 198 g/mol. The van der Waals surface area contributed by atoms with Crippen molar-refractivity contribution in [2.75, 3.05) is 0 Å². The molecule has 0 aliphatic carbocycles. The molecule has 0 unspecified atom stereocenters. The van der Waals surface area contributed by atoms with E-state index in [2.05, 4.69) is 0 Å². The molecule has 0 radical (unpaired) electrons. The zero-order valence-electron chi connectivity index (χ0n) is 7.37. The highest BCUT2D eigenvalue weighted by Crippen LogP contribution is 2.13. The molecule has 1 rings (SSSR count). The van der Waals surface area contributed by atoms with Crippen LogP contribution in [-0.2, 0) is 4.79 Å². The van der Waals surface area contributed by atoms with Gasteiger partial charge in [0.2, 0.25) is 0 Å². The maximum Gasteiger partial charge on any atom is 0.262 e. The van der Waals surface area contributed by atoms with Gasteiger partial charge in [0.1, 0.15) is 5.75 Å². The van der Waals surface area contributed by atoms with Gasteiger partial charge < -0.3 is 4.74 Å². The topological polar surface area (TPSA) is 26.3 Å². The second kappa shape index (κ2) is 4.87. The molecule has 0 fully saturated rings. The number of hydrogen-bond donors (Lipinski definition) is 0. The van der Waals surface area contributed by atoms with E-state index in [0.29, 0.717) is 12.2 Å². The summed E-state index contributed by atoms with van der Waals surface area (Å²) in [5.41, 5.74) is 0. The van der Waals surface area contributed by atoms with E-state index in [9.17, 15) is 4.79 Å². The third-order valence-electron chi connectivity index (χ3n) is 1.65. The Morgan fingerprint density at radius 3 is 2.54 bits per heavy atom. The van der Waals surface area contributed by atoms with Crippen LogP contribution in [0.4, 0.5) is 0 Å². The molecule has 0 aliphatic rings. The zero-order chi connectivity index (χ0) is 9.68. The SMILES string of the molecule is CC[C@@H](Oc1ccccc1)C(=O)Cl. The molecule has 1 aromatic rings. The van der Waals surface area contributed by atoms with E-state index in [1.54, 1.807) is 12.1 Å². The lowest BCUT2D eigenvalue weighted by Crippen LogP contribution is -2.22. The van der Waals surface area contributed by atoms with Crippen LogP contribution in [0.1, 0.15) is 13.3 Å². The molecular weight excluding hydrogens is 188 g/mol. The number of para-hydroxylation sites is 1. The molecule has 1 aromatic carbocycles. The Bertz CT molecular complexity index is 272. The number of carbonyl (C=O) groups excluding carboxylic acids is 1. The predicted molar refractivity (Wildman–Crippen MR) is 52.0 cm³/mol. The smallest absolute Gasteiger partial charge is 0.262 e. The molecule has 0 spiro atoms. The van der Waals surface area contributed by atoms with Gasteiger partial charge in [0, 0.05) is 0 Å². The van der Waals surface area contributed by atoms with Crippen molar-refractivity contribution < 1.29 is 9.53 Å². The van der Waals surface area contributed by atoms with Gasteiger partial charge in [-0.15, -0.1) is 0 Å². The first-order valence-electron chi connectivity index (χ1n) is 4.15. The van der Waals surface area contributed by atoms with E-state index >= 15 is 0 Å². The highest BCUT2D eigenvalue weighted by molar-refractivity contribution is 6.64. The Labute approximate surface area is 82.5 Å². The largest absolute Gasteiger partial charge is 0.481 e. The molecule has 13 heavy (non-hydrogen) atoms. The third kappa shape index (κ3) is 3.07. The van der Waals surface area contributed by atoms with Crippen LogP contribution in [0.3, 0.4) is 0 Å². The van der Waals surface area contributed by atoms with Gasteiger partial charge in [-0.1, -0.05) is 25.1 Å². The van der Waals surface area contributed by atoms with Crippen LogP contribution < -0.4 is 4.74 Å². The van der Waals surface area contributed by atoms with Crippen molar-refractivity contribution in [3.05, 3.63) is 30.3 Å². The first-order chi connectivity index (χ1) is 6.24. The fourth-order valence-electron chi connectivity index (χ4n) is 0.953. The molecule has 3 heteroatoms. The summed E-state index contributed by atoms with van der Waals surface area (Å²) in [5, 5.41) is -0.452. The van der Waals surface area contributed by atoms with Crippen molar-refractivity contribution in [3.63, 3.8) is 0 Å². The van der Waals surface area contributed by atoms with Crippen molar-refractivity contribution >= 4 is 16.8 Å². The fraction of sp³-hybridized carbons (Fsp3) is 0.300. The predicted octanol–water partition coefficient (Wildman–Crippen LogP) is 2.61. The van der Waals surface area contributed by atoms with E-state index in [0.717, 1.165) is 0 Å². The van der Waals surface area contributed by atoms with Crippen molar-refractivity contribution in [1.82, 2.24) is 0 Å². The van der Waals surface area contributed by atoms with Crippen LogP contribution in [0.15, 0.2) is 30.3 Å². The lowest BCUT2D eigenvalue weighted by atomic mass is 10.3. The van der Waals surface area contributed by atoms with Crippen LogP contribution in [0, 0.1) is 0 Å². The average Bonchev–Trinajstić information content (AvgIpc) is 2.15. The minimum absolute atomic E-state index is 0.452. The molecule has 2 nitrogen and oxygen atoms in total. The molecule has 0 bridgehead atoms. The standard InChI is InChI=1S/C10H11ClO2/c1-2-9(10(11)12)13-8-6-4-3-5-7-8/h3-7,9H,2H2,1H3/t9-/m1/s1. The molecule has 1 atom stereocenters. The summed E-state index contributed by atoms with van der Waals surface area (Å²) in [7, 11) is 0. The highest BCUT2D eigenvalue weighted by atomic mass is 35.5. The molecule has 0 aromatic heterocycles. The Balaban J connectivity index is 2.62. The lowest BCUT2D eigenvalue weighted by Gasteiger charge is -2.12. The molecule has 0 aliphatic heterocycles. The van der Waals surface area contributed by atoms with Crippen molar-refractivity contribution in [2.45, 2.75) is 19.4 Å². The van der Waals surface area contributed by atoms with Gasteiger partial charge in [0.05, 0.1) is 0 Å². The molecule has 0 N–H and O–H groups in total. The van der Waals surface area contributed by atoms with E-state index < -0.39 is 11.3 Å². The van der Waals surface area contributed by atoms with Crippen molar-refractivity contribution in [2.24, 2.45) is 0 Å². The van der Waals surface area contributed by atoms with Crippen LogP contribution in [-0.4, -0.2) is 11.3 Å². The van der Waals surface area contributed by atoms with Crippen LogP contribution in [0.2, 0.25) is 0 Å². The Morgan fingerprint density at radius 2 is 2.08 bits per heavy atom. The first kappa shape index (κ1) is 10.1. The summed E-state index contributed by atoms with van der Waals surface area (Å²) < 4.78 is 5.34. The number of ether oxygens (including phenoxy) is 1. The summed E-state index contributed by atoms with van der Waals surface area (Å²) in [4.78, 5) is 10.8. The average molecular weight is 199 g/mol. The molecule has 0 saturated heterocycles. The maximum atomic E-state index is 10.8. The minimum Gasteiger partial charge on any atom is -0.481 e. The molecular formula is C10H11ClO2. The van der Waals surface area contributed by atoms with Gasteiger partial charge >= 0.3 is 0 Å². The first-order valence-corrected chi connectivity index (χ1v) is 4.53. The Morgan fingerprint density at radius 1 is 1.46 bits per heavy atom. The maximum absolute atomic E-state index is 10.8. The number of carbonyl (C=O) groups is 1. The Hall–Kier alpha value is -1.02. The molecule has 0 heterocycles. The summed E-state index contributed by atoms with van der Waals surface area (Å²) in [6.45, 7) is 1.86. The van der Waals surface area contributed by atoms with E-state index in [1.165, 1.54) is 0 Å². The summed E-state index contributed by atoms with van der Waals surface area (Å²) in [6, 6.07) is 9.17. The Kier molecular flexibility index (Phi) is 3.77. The molecule has 0 saturated carbocycles. The lowest BCUT2D eigenvalue weighted by molar-refractivity contribution is -0.117. The summed E-state index contributed by atoms with van der Waals surface area (Å²) in [6.07, 6.45) is 0.0427. The third-order valence-corrected chi connectivity index (χ3v) is 1.89. The number of rotatable bonds is 4. The van der Waals surface area contributed by atoms with E-state index in [-0.39, 0.29) is 0 Å². The number of halogens is 1. The second-order valence-corrected chi connectivity index (χ2v) is 3.00. The van der Waals surface area contributed by atoms with Crippen LogP contribution in [0.25, 0.3) is 0 Å². The van der Waals surface area contributed by atoms with Crippen LogP contribution >= 0.6 is 11.6 Å². The summed E-state index contributed by atoms with van der Waals surface area (Å²) >= 11 is 5.33. The summed E-state index contributed by atoms with van der Waals surface area (Å²) in [5.74, 6) is 0.670. The molecule has 70 valence electrons. The number of hydrogen-bond acceptors (Lipinski definition) is 2. The fourth-order valence-corrected chi connectivity index (χ4v) is 1.15. The van der Waals surface area contributed by atoms with E-state index in [1.807, 2.05) is 25.1 Å². The minimum atomic E-state index is -0.538. The van der Waals surface area contributed by atoms with Gasteiger partial charge in [0.15, 0.2) is 6.10 Å². The van der Waals surface area contributed by atoms with Crippen LogP contribution in [0.5, 0.6) is 5.75 Å². The quantitative estimate of drug-likeness (QED) is 0.696. The van der Waals surface area contributed by atoms with Gasteiger partial charge in [-0.3, -0.25) is 4.79 Å². The second-order valence-electron chi connectivity index (χ2n) is 2.63. The van der Waals surface area contributed by atoms with Crippen molar-refractivity contribution in [1.29, 1.82) is 0 Å². The van der Waals surface area contributed by atoms with Gasteiger partial charge in [-0.25, -0.2) is 0 Å². The van der Waals surface area contributed by atoms with Crippen molar-refractivity contribution in [3.8, 4) is 5.75 Å². The molecule has 0 amide bonds. The normalized spacial score (nSPS) is 12.2. The highest BCUT2D eigenvalue weighted by Gasteiger charge is 2.14.